The zero-order valence-corrected chi connectivity index (χ0v) is 7.36. The molecule has 0 heterocycles. The van der Waals surface area contributed by atoms with E-state index in [9.17, 15) is 13.0 Å². The van der Waals surface area contributed by atoms with E-state index in [0.29, 0.717) is 0 Å². The molecule has 0 saturated heterocycles. The fourth-order valence-electron chi connectivity index (χ4n) is 0.409. The van der Waals surface area contributed by atoms with Gasteiger partial charge in [0.2, 0.25) is 0 Å². The predicted octanol–water partition coefficient (Wildman–Crippen LogP) is -1.06. The molecular formula is C3H6NO6PS. The van der Waals surface area contributed by atoms with Crippen molar-refractivity contribution in [2.24, 2.45) is 0 Å². The van der Waals surface area contributed by atoms with Crippen LogP contribution in [0.1, 0.15) is 0 Å². The Balaban J connectivity index is 4.67. The van der Waals surface area contributed by atoms with E-state index in [2.05, 4.69) is 0 Å². The van der Waals surface area contributed by atoms with Crippen molar-refractivity contribution in [1.82, 2.24) is 0 Å². The Morgan fingerprint density at radius 3 is 2.00 bits per heavy atom. The molecule has 1 unspecified atom stereocenters. The molecule has 0 aromatic carbocycles. The molecule has 0 aliphatic rings. The Labute approximate surface area is 68.5 Å². The van der Waals surface area contributed by atoms with Crippen LogP contribution in [0.5, 0.6) is 0 Å². The Morgan fingerprint density at radius 1 is 1.50 bits per heavy atom. The second-order valence-corrected chi connectivity index (χ2v) is 5.28. The summed E-state index contributed by atoms with van der Waals surface area (Å²) < 4.78 is 38.7. The van der Waals surface area contributed by atoms with Gasteiger partial charge in [0, 0.05) is 0 Å². The lowest BCUT2D eigenvalue weighted by Crippen LogP contribution is -2.19. The predicted molar refractivity (Wildman–Crippen MR) is 37.9 cm³/mol. The monoisotopic (exact) mass is 215 g/mol. The molecule has 0 aliphatic heterocycles. The van der Waals surface area contributed by atoms with Gasteiger partial charge >= 0.3 is 7.60 Å². The molecule has 0 amide bonds. The van der Waals surface area contributed by atoms with Crippen LogP contribution in [0.2, 0.25) is 0 Å². The van der Waals surface area contributed by atoms with Crippen molar-refractivity contribution in [2.45, 2.75) is 5.66 Å². The average molecular weight is 215 g/mol. The first-order chi connectivity index (χ1) is 5.17. The summed E-state index contributed by atoms with van der Waals surface area (Å²) in [6.45, 7) is 0. The summed E-state index contributed by atoms with van der Waals surface area (Å²) in [5.41, 5.74) is -2.01. The molecule has 0 aliphatic carbocycles. The second-order valence-electron chi connectivity index (χ2n) is 1.98. The van der Waals surface area contributed by atoms with Gasteiger partial charge in [0.25, 0.3) is 10.1 Å². The van der Waals surface area contributed by atoms with Crippen molar-refractivity contribution in [3.8, 4) is 6.07 Å². The highest BCUT2D eigenvalue weighted by Gasteiger charge is 2.32. The summed E-state index contributed by atoms with van der Waals surface area (Å²) in [7, 11) is -9.31. The first kappa shape index (κ1) is 11.6. The summed E-state index contributed by atoms with van der Waals surface area (Å²) >= 11 is 0. The van der Waals surface area contributed by atoms with Crippen LogP contribution < -0.4 is 0 Å². The summed E-state index contributed by atoms with van der Waals surface area (Å²) in [5, 5.41) is 8.11. The number of nitriles is 1. The molecule has 1 atom stereocenters. The molecule has 12 heavy (non-hydrogen) atoms. The van der Waals surface area contributed by atoms with Gasteiger partial charge in [-0.1, -0.05) is 0 Å². The van der Waals surface area contributed by atoms with Crippen molar-refractivity contribution in [3.63, 3.8) is 0 Å². The van der Waals surface area contributed by atoms with E-state index < -0.39 is 29.1 Å². The van der Waals surface area contributed by atoms with Crippen molar-refractivity contribution in [1.29, 1.82) is 5.26 Å². The number of rotatable bonds is 3. The van der Waals surface area contributed by atoms with E-state index in [0.717, 1.165) is 6.07 Å². The molecule has 0 radical (unpaired) electrons. The third-order valence-corrected chi connectivity index (χ3v) is 3.04. The maximum atomic E-state index is 10.3. The van der Waals surface area contributed by atoms with Crippen LogP contribution in [0.4, 0.5) is 0 Å². The van der Waals surface area contributed by atoms with Gasteiger partial charge in [0.1, 0.15) is 5.75 Å². The molecule has 0 aromatic rings. The van der Waals surface area contributed by atoms with Crippen LogP contribution in [0, 0.1) is 11.3 Å². The van der Waals surface area contributed by atoms with Gasteiger partial charge in [-0.25, -0.2) is 0 Å². The van der Waals surface area contributed by atoms with E-state index in [-0.39, 0.29) is 0 Å². The van der Waals surface area contributed by atoms with E-state index in [4.69, 9.17) is 19.6 Å². The number of hydrogen-bond donors (Lipinski definition) is 3. The molecule has 0 aromatic heterocycles. The molecule has 0 rings (SSSR count). The maximum Gasteiger partial charge on any atom is 0.343 e. The van der Waals surface area contributed by atoms with Crippen LogP contribution in [0.25, 0.3) is 0 Å². The minimum atomic E-state index is -4.77. The summed E-state index contributed by atoms with van der Waals surface area (Å²) in [6.07, 6.45) is 0. The van der Waals surface area contributed by atoms with Gasteiger partial charge in [-0.05, 0) is 0 Å². The minimum absolute atomic E-state index is 1.10. The Bertz CT molecular complexity index is 334. The van der Waals surface area contributed by atoms with Gasteiger partial charge in [0.15, 0.2) is 5.66 Å². The number of hydrogen-bond acceptors (Lipinski definition) is 4. The first-order valence-electron chi connectivity index (χ1n) is 2.57. The lowest BCUT2D eigenvalue weighted by molar-refractivity contribution is 0.366. The summed E-state index contributed by atoms with van der Waals surface area (Å²) in [5.74, 6) is -1.26. The van der Waals surface area contributed by atoms with Crippen LogP contribution in [0.3, 0.4) is 0 Å². The van der Waals surface area contributed by atoms with Gasteiger partial charge in [-0.15, -0.1) is 0 Å². The van der Waals surface area contributed by atoms with Crippen molar-refractivity contribution in [3.05, 3.63) is 0 Å². The lowest BCUT2D eigenvalue weighted by Gasteiger charge is -2.07. The van der Waals surface area contributed by atoms with Gasteiger partial charge in [-0.2, -0.15) is 13.7 Å². The molecular weight excluding hydrogens is 209 g/mol. The molecule has 0 bridgehead atoms. The molecule has 7 nitrogen and oxygen atoms in total. The number of nitrogens with zero attached hydrogens (tertiary/aromatic N) is 1. The van der Waals surface area contributed by atoms with Gasteiger partial charge < -0.3 is 9.79 Å². The van der Waals surface area contributed by atoms with Crippen molar-refractivity contribution >= 4 is 17.7 Å². The molecule has 0 saturated carbocycles. The zero-order chi connectivity index (χ0) is 9.99. The van der Waals surface area contributed by atoms with E-state index >= 15 is 0 Å². The minimum Gasteiger partial charge on any atom is -0.323 e. The molecule has 3 N–H and O–H groups in total. The normalized spacial score (nSPS) is 15.2. The Hall–Kier alpha value is -0.450. The topological polar surface area (TPSA) is 136 Å². The smallest absolute Gasteiger partial charge is 0.323 e. The van der Waals surface area contributed by atoms with E-state index in [1.165, 1.54) is 0 Å². The highest BCUT2D eigenvalue weighted by Crippen LogP contribution is 2.41. The zero-order valence-electron chi connectivity index (χ0n) is 5.65. The standard InChI is InChI=1S/C3H6NO6PS/c4-1-3(11(5,6)7)2-12(8,9)10/h3H,2H2,(H2,5,6,7)(H,8,9,10). The fraction of sp³-hybridized carbons (Fsp3) is 0.667. The van der Waals surface area contributed by atoms with Crippen molar-refractivity contribution < 1.29 is 27.3 Å². The van der Waals surface area contributed by atoms with Crippen LogP contribution in [-0.2, 0) is 14.7 Å². The van der Waals surface area contributed by atoms with E-state index in [1.807, 2.05) is 0 Å². The average Bonchev–Trinajstić information content (AvgIpc) is 1.78. The van der Waals surface area contributed by atoms with E-state index in [1.54, 1.807) is 0 Å². The largest absolute Gasteiger partial charge is 0.343 e. The van der Waals surface area contributed by atoms with Crippen LogP contribution in [-0.4, -0.2) is 34.2 Å². The Kier molecular flexibility index (Phi) is 3.38. The summed E-state index contributed by atoms with van der Waals surface area (Å²) in [6, 6.07) is 1.10. The van der Waals surface area contributed by atoms with Gasteiger partial charge in [-0.3, -0.25) is 9.12 Å². The molecule has 9 heteroatoms. The van der Waals surface area contributed by atoms with Crippen molar-refractivity contribution in [2.75, 3.05) is 5.75 Å². The summed E-state index contributed by atoms with van der Waals surface area (Å²) in [4.78, 5) is 16.7. The maximum absolute atomic E-state index is 10.3. The highest BCUT2D eigenvalue weighted by molar-refractivity contribution is 7.86. The molecule has 0 spiro atoms. The second kappa shape index (κ2) is 3.51. The third kappa shape index (κ3) is 4.43. The van der Waals surface area contributed by atoms with Crippen LogP contribution in [0.15, 0.2) is 0 Å². The molecule has 0 fully saturated rings. The Morgan fingerprint density at radius 2 is 1.92 bits per heavy atom. The first-order valence-corrected chi connectivity index (χ1v) is 5.86. The molecule has 70 valence electrons. The third-order valence-electron chi connectivity index (χ3n) is 0.924. The fourth-order valence-corrected chi connectivity index (χ4v) is 2.37. The van der Waals surface area contributed by atoms with Crippen LogP contribution >= 0.6 is 7.60 Å². The van der Waals surface area contributed by atoms with Gasteiger partial charge in [0.05, 0.1) is 6.07 Å². The lowest BCUT2D eigenvalue weighted by atomic mass is 10.5. The SMILES string of the molecule is N#CC(CS(=O)(=O)O)P(=O)(O)O. The quantitative estimate of drug-likeness (QED) is 0.403. The highest BCUT2D eigenvalue weighted by atomic mass is 32.2.